The molecule has 4 aliphatic carbocycles. The molecule has 1 N–H and O–H groups in total. The third-order valence-corrected chi connectivity index (χ3v) is 12.8. The minimum absolute atomic E-state index is 0.0233. The zero-order chi connectivity index (χ0) is 36.8. The largest absolute Gasteiger partial charge is 0.467 e. The van der Waals surface area contributed by atoms with Crippen LogP contribution in [0.5, 0.6) is 0 Å². The maximum atomic E-state index is 13.2. The van der Waals surface area contributed by atoms with Gasteiger partial charge in [0.15, 0.2) is 37.3 Å². The number of hydrogen-bond donors (Lipinski definition) is 1. The molecule has 0 aromatic heterocycles. The van der Waals surface area contributed by atoms with Crippen LogP contribution >= 0.6 is 0 Å². The van der Waals surface area contributed by atoms with Gasteiger partial charge in [-0.1, -0.05) is 13.8 Å². The summed E-state index contributed by atoms with van der Waals surface area (Å²) in [6.07, 6.45) is -0.752. The van der Waals surface area contributed by atoms with Crippen LogP contribution in [-0.4, -0.2) is 96.9 Å². The maximum absolute atomic E-state index is 13.2. The summed E-state index contributed by atoms with van der Waals surface area (Å²) in [5, 5.41) is 11.8. The number of carbonyl (C=O) groups is 6. The highest BCUT2D eigenvalue weighted by Crippen LogP contribution is 2.68. The number of Topliss-reactive ketones (excluding diaryl/α,β-unsaturated/α-hetero) is 1. The summed E-state index contributed by atoms with van der Waals surface area (Å²) in [4.78, 5) is 74.0. The van der Waals surface area contributed by atoms with Crippen LogP contribution in [0.1, 0.15) is 99.3 Å². The van der Waals surface area contributed by atoms with Crippen molar-refractivity contribution >= 4 is 35.6 Å². The second-order valence-corrected chi connectivity index (χ2v) is 15.4. The van der Waals surface area contributed by atoms with Gasteiger partial charge in [-0.15, -0.1) is 0 Å². The number of carbonyl (C=O) groups excluding carboxylic acids is 6. The van der Waals surface area contributed by atoms with Gasteiger partial charge in [-0.3, -0.25) is 24.0 Å². The monoisotopic (exact) mass is 708 g/mol. The summed E-state index contributed by atoms with van der Waals surface area (Å²) in [6, 6.07) is 0. The molecule has 14 nitrogen and oxygen atoms in total. The van der Waals surface area contributed by atoms with Crippen molar-refractivity contribution in [2.75, 3.05) is 13.7 Å². The molecule has 5 fully saturated rings. The third-order valence-electron chi connectivity index (χ3n) is 12.8. The Morgan fingerprint density at radius 2 is 1.36 bits per heavy atom. The molecule has 5 rings (SSSR count). The van der Waals surface area contributed by atoms with E-state index in [1.807, 2.05) is 6.92 Å². The van der Waals surface area contributed by atoms with E-state index in [4.69, 9.17) is 33.2 Å². The van der Waals surface area contributed by atoms with Gasteiger partial charge in [0, 0.05) is 33.1 Å². The summed E-state index contributed by atoms with van der Waals surface area (Å²) >= 11 is 0. The Bertz CT molecular complexity index is 1360. The van der Waals surface area contributed by atoms with Crippen LogP contribution < -0.4 is 0 Å². The first-order chi connectivity index (χ1) is 23.4. The molecular formula is C36H52O14. The SMILES string of the molecule is COC(=O)[C@H]1O[C@@H](O[C@@H]2CC[C@]3(C)[C@H](CC[C@@H]4[C@@H]3CC[C@@]3(C)[C@H]4CC[C@]3(O)C(=O)COC(C)=O)C2)[C@H](OC(C)=O)[C@@H](OC(C)=O)[C@@H]1OC(C)=O. The average Bonchev–Trinajstić information content (AvgIpc) is 3.32. The van der Waals surface area contributed by atoms with Crippen LogP contribution in [-0.2, 0) is 61.9 Å². The van der Waals surface area contributed by atoms with Crippen molar-refractivity contribution in [2.45, 2.75) is 142 Å². The lowest BCUT2D eigenvalue weighted by Gasteiger charge is -2.61. The van der Waals surface area contributed by atoms with Crippen molar-refractivity contribution in [3.05, 3.63) is 0 Å². The predicted molar refractivity (Wildman–Crippen MR) is 171 cm³/mol. The molecule has 0 amide bonds. The normalized spacial score (nSPS) is 42.1. The minimum Gasteiger partial charge on any atom is -0.467 e. The molecule has 4 saturated carbocycles. The second kappa shape index (κ2) is 14.5. The fourth-order valence-electron chi connectivity index (χ4n) is 10.5. The minimum atomic E-state index is -1.53. The fraction of sp³-hybridized carbons (Fsp3) is 0.833. The van der Waals surface area contributed by atoms with Gasteiger partial charge in [0.05, 0.1) is 13.2 Å². The van der Waals surface area contributed by atoms with Gasteiger partial charge in [0.2, 0.25) is 5.78 Å². The molecule has 280 valence electrons. The topological polar surface area (TPSA) is 187 Å². The number of rotatable bonds is 9. The van der Waals surface area contributed by atoms with Crippen LogP contribution in [0.15, 0.2) is 0 Å². The summed E-state index contributed by atoms with van der Waals surface area (Å²) in [5.41, 5.74) is -2.15. The number of esters is 5. The number of ketones is 1. The summed E-state index contributed by atoms with van der Waals surface area (Å²) in [6.45, 7) is 8.66. The molecule has 0 radical (unpaired) electrons. The van der Waals surface area contributed by atoms with Crippen molar-refractivity contribution in [2.24, 2.45) is 34.5 Å². The Labute approximate surface area is 292 Å². The molecule has 1 aliphatic heterocycles. The molecule has 0 aromatic carbocycles. The molecule has 0 spiro atoms. The molecule has 0 bridgehead atoms. The molecule has 13 atom stereocenters. The van der Waals surface area contributed by atoms with Crippen molar-refractivity contribution in [1.82, 2.24) is 0 Å². The van der Waals surface area contributed by atoms with Gasteiger partial charge in [-0.25, -0.2) is 4.79 Å². The van der Waals surface area contributed by atoms with E-state index in [2.05, 4.69) is 6.92 Å². The first-order valence-corrected chi connectivity index (χ1v) is 17.7. The highest BCUT2D eigenvalue weighted by molar-refractivity contribution is 5.91. The van der Waals surface area contributed by atoms with E-state index in [1.165, 1.54) is 13.8 Å². The highest BCUT2D eigenvalue weighted by Gasteiger charge is 2.67. The molecule has 50 heavy (non-hydrogen) atoms. The standard InChI is InChI=1S/C36H52O14/c1-18(37)45-17-27(41)36(43)15-12-26-24-9-8-22-16-23(10-13-34(22,5)25(24)11-14-35(26,36)6)49-33-31(48-21(4)40)29(47-20(3)39)28(46-19(2)38)30(50-33)32(42)44-7/h22-26,28-31,33,43H,8-17H2,1-7H3/t22-,23-,24-,25+,26+,28+,29+,30+,31-,33-,34-,35+,36+/m1/s1. The first kappa shape index (κ1) is 38.1. The van der Waals surface area contributed by atoms with Crippen LogP contribution in [0, 0.1) is 34.5 Å². The lowest BCUT2D eigenvalue weighted by molar-refractivity contribution is -0.315. The van der Waals surface area contributed by atoms with E-state index >= 15 is 0 Å². The highest BCUT2D eigenvalue weighted by atomic mass is 16.7. The van der Waals surface area contributed by atoms with E-state index in [0.717, 1.165) is 53.1 Å². The van der Waals surface area contributed by atoms with Crippen LogP contribution in [0.4, 0.5) is 0 Å². The lowest BCUT2D eigenvalue weighted by atomic mass is 9.44. The molecule has 5 aliphatic rings. The zero-order valence-electron chi connectivity index (χ0n) is 30.1. The van der Waals surface area contributed by atoms with Gasteiger partial charge in [0.25, 0.3) is 0 Å². The summed E-state index contributed by atoms with van der Waals surface area (Å²) in [5.74, 6) is -2.93. The number of fused-ring (bicyclic) bond motifs is 5. The number of methoxy groups -OCH3 is 1. The van der Waals surface area contributed by atoms with Gasteiger partial charge >= 0.3 is 29.8 Å². The Hall–Kier alpha value is -3.10. The van der Waals surface area contributed by atoms with Gasteiger partial charge in [-0.2, -0.15) is 0 Å². The Morgan fingerprint density at radius 3 is 1.98 bits per heavy atom. The van der Waals surface area contributed by atoms with E-state index < -0.39 is 84.0 Å². The zero-order valence-corrected chi connectivity index (χ0v) is 30.1. The molecule has 1 saturated heterocycles. The van der Waals surface area contributed by atoms with Crippen LogP contribution in [0.2, 0.25) is 0 Å². The fourth-order valence-corrected chi connectivity index (χ4v) is 10.5. The Kier molecular flexibility index (Phi) is 11.1. The number of hydrogen-bond acceptors (Lipinski definition) is 14. The summed E-state index contributed by atoms with van der Waals surface area (Å²) < 4.78 is 38.9. The van der Waals surface area contributed by atoms with Crippen molar-refractivity contribution < 1.29 is 67.0 Å². The lowest BCUT2D eigenvalue weighted by Crippen LogP contribution is -2.64. The van der Waals surface area contributed by atoms with Gasteiger partial charge < -0.3 is 38.3 Å². The predicted octanol–water partition coefficient (Wildman–Crippen LogP) is 2.97. The number of ether oxygens (including phenoxy) is 7. The van der Waals surface area contributed by atoms with Gasteiger partial charge in [0.1, 0.15) is 5.60 Å². The molecular weight excluding hydrogens is 656 g/mol. The average molecular weight is 709 g/mol. The van der Waals surface area contributed by atoms with Crippen LogP contribution in [0.3, 0.4) is 0 Å². The second-order valence-electron chi connectivity index (χ2n) is 15.4. The van der Waals surface area contributed by atoms with E-state index in [1.54, 1.807) is 0 Å². The molecule has 14 heteroatoms. The first-order valence-electron chi connectivity index (χ1n) is 17.7. The Morgan fingerprint density at radius 1 is 0.740 bits per heavy atom. The van der Waals surface area contributed by atoms with E-state index in [0.29, 0.717) is 37.5 Å². The number of aliphatic hydroxyl groups is 1. The molecule has 0 aromatic rings. The molecule has 0 unspecified atom stereocenters. The molecule has 1 heterocycles. The van der Waals surface area contributed by atoms with E-state index in [-0.39, 0.29) is 23.4 Å². The van der Waals surface area contributed by atoms with Crippen molar-refractivity contribution in [3.63, 3.8) is 0 Å². The Balaban J connectivity index is 1.33. The van der Waals surface area contributed by atoms with Gasteiger partial charge in [-0.05, 0) is 86.9 Å². The maximum Gasteiger partial charge on any atom is 0.339 e. The third kappa shape index (κ3) is 6.91. The van der Waals surface area contributed by atoms with E-state index in [9.17, 15) is 33.9 Å². The smallest absolute Gasteiger partial charge is 0.339 e. The quantitative estimate of drug-likeness (QED) is 0.209. The van der Waals surface area contributed by atoms with Crippen LogP contribution in [0.25, 0.3) is 0 Å². The summed E-state index contributed by atoms with van der Waals surface area (Å²) in [7, 11) is 1.14. The van der Waals surface area contributed by atoms with Crippen molar-refractivity contribution in [1.29, 1.82) is 0 Å². The van der Waals surface area contributed by atoms with Crippen molar-refractivity contribution in [3.8, 4) is 0 Å².